The van der Waals surface area contributed by atoms with Crippen molar-refractivity contribution in [3.05, 3.63) is 52.1 Å². The van der Waals surface area contributed by atoms with E-state index in [0.29, 0.717) is 70.2 Å². The summed E-state index contributed by atoms with van der Waals surface area (Å²) in [6.45, 7) is 4.09. The van der Waals surface area contributed by atoms with Crippen molar-refractivity contribution < 1.29 is 35.4 Å². The average Bonchev–Trinajstić information content (AvgIpc) is 3.07. The number of rotatable bonds is 10. The third-order valence-electron chi connectivity index (χ3n) is 7.70. The fourth-order valence-electron chi connectivity index (χ4n) is 5.32. The van der Waals surface area contributed by atoms with Crippen LogP contribution in [0.15, 0.2) is 51.4 Å². The molecule has 0 amide bonds. The second-order valence-corrected chi connectivity index (χ2v) is 13.8. The molecule has 266 valence electrons. The van der Waals surface area contributed by atoms with Crippen LogP contribution in [0.25, 0.3) is 6.08 Å². The Bertz CT molecular complexity index is 2080. The molecule has 2 aliphatic heterocycles. The summed E-state index contributed by atoms with van der Waals surface area (Å²) >= 11 is 0. The van der Waals surface area contributed by atoms with E-state index in [1.165, 1.54) is 24.3 Å². The molecule has 0 spiro atoms. The lowest BCUT2D eigenvalue weighted by molar-refractivity contribution is 0.122. The number of nitrogens with zero attached hydrogens (tertiary/aromatic N) is 8. The Morgan fingerprint density at radius 2 is 1.28 bits per heavy atom. The van der Waals surface area contributed by atoms with Crippen LogP contribution in [0.4, 0.5) is 41.4 Å². The minimum absolute atomic E-state index is 0.0163. The molecule has 0 saturated carbocycles. The fraction of sp³-hybridized carbons (Fsp3) is 0.357. The Morgan fingerprint density at radius 1 is 0.720 bits per heavy atom. The summed E-state index contributed by atoms with van der Waals surface area (Å²) in [6.07, 6.45) is 3.99. The van der Waals surface area contributed by atoms with Gasteiger partial charge in [0, 0.05) is 37.6 Å². The number of morpholine rings is 2. The Hall–Kier alpha value is -5.00. The van der Waals surface area contributed by atoms with Crippen molar-refractivity contribution in [1.29, 1.82) is 0 Å². The first-order chi connectivity index (χ1) is 23.8. The maximum atomic E-state index is 12.3. The van der Waals surface area contributed by atoms with Gasteiger partial charge in [-0.3, -0.25) is 0 Å². The number of anilines is 7. The molecule has 3 aromatic rings. The van der Waals surface area contributed by atoms with Gasteiger partial charge in [-0.2, -0.15) is 29.9 Å². The lowest BCUT2D eigenvalue weighted by Gasteiger charge is -2.27. The highest BCUT2D eigenvalue weighted by Crippen LogP contribution is 2.31. The minimum Gasteiger partial charge on any atom is -0.744 e. The summed E-state index contributed by atoms with van der Waals surface area (Å²) in [7, 11) is -10.0. The van der Waals surface area contributed by atoms with Gasteiger partial charge >= 0.3 is 0 Å². The molecule has 0 bridgehead atoms. The molecular formula is C28H32N12O8S2-2. The number of hydrogen-bond acceptors (Lipinski definition) is 20. The van der Waals surface area contributed by atoms with Crippen LogP contribution in [0, 0.1) is 0 Å². The van der Waals surface area contributed by atoms with E-state index in [0.717, 1.165) is 12.1 Å². The smallest absolute Gasteiger partial charge is 0.233 e. The number of benzene rings is 1. The molecule has 6 rings (SSSR count). The third kappa shape index (κ3) is 8.58. The molecule has 0 radical (unpaired) electrons. The quantitative estimate of drug-likeness (QED) is 0.202. The van der Waals surface area contributed by atoms with Crippen LogP contribution in [0.3, 0.4) is 0 Å². The van der Waals surface area contributed by atoms with Crippen LogP contribution in [-0.4, -0.2) is 108 Å². The standard InChI is InChI=1S/C28H34N12O8S2/c29-23-33-25(37-27(35-23)39-7-11-47-12-8-39)31-19-5-3-17(21(15-19)49(41,42)43)1-2-18-4-6-20(16-22(18)50(44,45)46)32-26-34-24(30)36-28(38-26)40-9-13-48-14-10-40/h1-3,5,15-16H,4,6-14H2,(H,41,42,43)(H,44,45,46)(H3,29,31,33,35,37)(H3,30,32,34,36,38)/p-2/b2-1+. The second-order valence-electron chi connectivity index (χ2n) is 11.1. The van der Waals surface area contributed by atoms with Gasteiger partial charge in [-0.25, -0.2) is 16.8 Å². The van der Waals surface area contributed by atoms with Crippen LogP contribution >= 0.6 is 0 Å². The topological polar surface area (TPSA) is 293 Å². The monoisotopic (exact) mass is 728 g/mol. The van der Waals surface area contributed by atoms with Gasteiger partial charge in [-0.05, 0) is 42.2 Å². The van der Waals surface area contributed by atoms with Crippen molar-refractivity contribution in [2.45, 2.75) is 17.7 Å². The number of hydrogen-bond donors (Lipinski definition) is 4. The Morgan fingerprint density at radius 3 is 1.82 bits per heavy atom. The van der Waals surface area contributed by atoms with Crippen LogP contribution in [-0.2, 0) is 29.7 Å². The zero-order valence-corrected chi connectivity index (χ0v) is 28.0. The summed E-state index contributed by atoms with van der Waals surface area (Å²) in [5, 5.41) is 5.76. The zero-order valence-electron chi connectivity index (χ0n) is 26.4. The van der Waals surface area contributed by atoms with E-state index in [-0.39, 0.29) is 53.5 Å². The fourth-order valence-corrected chi connectivity index (χ4v) is 6.80. The second kappa shape index (κ2) is 14.5. The predicted octanol–water partition coefficient (Wildman–Crippen LogP) is 0.144. The highest BCUT2D eigenvalue weighted by atomic mass is 32.2. The van der Waals surface area contributed by atoms with Gasteiger partial charge in [0.2, 0.25) is 35.7 Å². The molecule has 2 fully saturated rings. The average molecular weight is 729 g/mol. The number of aromatic nitrogens is 6. The van der Waals surface area contributed by atoms with Gasteiger partial charge in [-0.1, -0.05) is 18.2 Å². The SMILES string of the molecule is Nc1nc(NC2=CC(S(=O)(=O)[O-])=C(/C=C/c3ccc(Nc4nc(N)nc(N5CCOCC5)n4)cc3S(=O)(=O)[O-])CC2)nc(N2CCOCC2)n1. The Labute approximate surface area is 286 Å². The highest BCUT2D eigenvalue weighted by Gasteiger charge is 2.21. The van der Waals surface area contributed by atoms with Gasteiger partial charge in [0.1, 0.15) is 20.2 Å². The predicted molar refractivity (Wildman–Crippen MR) is 179 cm³/mol. The van der Waals surface area contributed by atoms with E-state index >= 15 is 0 Å². The minimum atomic E-state index is -5.03. The summed E-state index contributed by atoms with van der Waals surface area (Å²) in [4.78, 5) is 27.7. The number of nitrogens with one attached hydrogen (secondary N) is 2. The van der Waals surface area contributed by atoms with E-state index in [2.05, 4.69) is 40.5 Å². The molecule has 2 saturated heterocycles. The van der Waals surface area contributed by atoms with Crippen LogP contribution in [0.5, 0.6) is 0 Å². The van der Waals surface area contributed by atoms with E-state index in [1.54, 1.807) is 0 Å². The molecule has 1 aromatic carbocycles. The number of nitrogen functional groups attached to an aromatic ring is 2. The van der Waals surface area contributed by atoms with Gasteiger partial charge in [-0.15, -0.1) is 0 Å². The van der Waals surface area contributed by atoms with E-state index in [4.69, 9.17) is 20.9 Å². The lowest BCUT2D eigenvalue weighted by atomic mass is 10.0. The molecule has 4 heterocycles. The Kier molecular flexibility index (Phi) is 10.1. The maximum absolute atomic E-state index is 12.3. The van der Waals surface area contributed by atoms with Gasteiger partial charge in [0.05, 0.1) is 36.2 Å². The van der Waals surface area contributed by atoms with E-state index in [9.17, 15) is 25.9 Å². The first kappa shape index (κ1) is 34.8. The molecule has 22 heteroatoms. The normalized spacial score (nSPS) is 17.6. The van der Waals surface area contributed by atoms with Crippen molar-refractivity contribution in [1.82, 2.24) is 29.9 Å². The zero-order chi connectivity index (χ0) is 35.5. The molecular weight excluding hydrogens is 697 g/mol. The van der Waals surface area contributed by atoms with Crippen molar-refractivity contribution >= 4 is 67.7 Å². The summed E-state index contributed by atoms with van der Waals surface area (Å²) in [6, 6.07) is 3.90. The summed E-state index contributed by atoms with van der Waals surface area (Å²) in [5.74, 6) is 0.554. The molecule has 0 unspecified atom stereocenters. The Balaban J connectivity index is 1.25. The van der Waals surface area contributed by atoms with Crippen LogP contribution in [0.2, 0.25) is 0 Å². The largest absolute Gasteiger partial charge is 0.744 e. The number of nitrogens with two attached hydrogens (primary N) is 2. The number of ether oxygens (including phenoxy) is 2. The number of allylic oxidation sites excluding steroid dienone is 4. The van der Waals surface area contributed by atoms with Gasteiger partial charge < -0.3 is 50.5 Å². The highest BCUT2D eigenvalue weighted by molar-refractivity contribution is 7.90. The summed E-state index contributed by atoms with van der Waals surface area (Å²) in [5.41, 5.74) is 12.3. The molecule has 50 heavy (non-hydrogen) atoms. The van der Waals surface area contributed by atoms with E-state index < -0.39 is 30.0 Å². The van der Waals surface area contributed by atoms with Crippen molar-refractivity contribution in [2.75, 3.05) is 84.5 Å². The maximum Gasteiger partial charge on any atom is 0.233 e. The van der Waals surface area contributed by atoms with Gasteiger partial charge in [0.25, 0.3) is 0 Å². The van der Waals surface area contributed by atoms with Crippen molar-refractivity contribution in [3.8, 4) is 0 Å². The molecule has 3 aliphatic rings. The third-order valence-corrected chi connectivity index (χ3v) is 9.51. The first-order valence-electron chi connectivity index (χ1n) is 15.2. The molecule has 20 nitrogen and oxygen atoms in total. The molecule has 1 aliphatic carbocycles. The van der Waals surface area contributed by atoms with Crippen molar-refractivity contribution in [3.63, 3.8) is 0 Å². The van der Waals surface area contributed by atoms with E-state index in [1.807, 2.05) is 9.80 Å². The lowest BCUT2D eigenvalue weighted by Crippen LogP contribution is -2.37. The molecule has 0 atom stereocenters. The molecule has 2 aromatic heterocycles. The van der Waals surface area contributed by atoms with Crippen LogP contribution in [0.1, 0.15) is 18.4 Å². The first-order valence-corrected chi connectivity index (χ1v) is 18.0. The van der Waals surface area contributed by atoms with Crippen molar-refractivity contribution in [2.24, 2.45) is 0 Å². The van der Waals surface area contributed by atoms with Gasteiger partial charge in [0.15, 0.2) is 0 Å². The summed E-state index contributed by atoms with van der Waals surface area (Å²) < 4.78 is 84.6. The van der Waals surface area contributed by atoms with Crippen LogP contribution < -0.4 is 31.9 Å². The molecule has 6 N–H and O–H groups in total.